The van der Waals surface area contributed by atoms with Crippen LogP contribution in [-0.4, -0.2) is 30.7 Å². The van der Waals surface area contributed by atoms with Gasteiger partial charge in [-0.15, -0.1) is 0 Å². The van der Waals surface area contributed by atoms with E-state index < -0.39 is 0 Å². The third kappa shape index (κ3) is 8.59. The minimum atomic E-state index is 1.37. The molecule has 1 saturated heterocycles. The molecule has 0 N–H and O–H groups in total. The number of unbranched alkanes of at least 4 members (excludes halogenated alkanes) is 7. The van der Waals surface area contributed by atoms with Gasteiger partial charge in [-0.05, 0) is 39.0 Å². The van der Waals surface area contributed by atoms with Crippen LogP contribution in [0.1, 0.15) is 84.5 Å². The summed E-state index contributed by atoms with van der Waals surface area (Å²) in [7, 11) is 0. The monoisotopic (exact) mass is 280 g/mol. The van der Waals surface area contributed by atoms with Crippen LogP contribution in [0.25, 0.3) is 0 Å². The number of piperidine rings is 1. The molecule has 1 aliphatic heterocycles. The second-order valence-corrected chi connectivity index (χ2v) is 6.36. The van der Waals surface area contributed by atoms with Crippen molar-refractivity contribution in [3.8, 4) is 0 Å². The second kappa shape index (κ2) is 13.4. The summed E-state index contributed by atoms with van der Waals surface area (Å²) in [4.78, 5) is 0. The van der Waals surface area contributed by atoms with Crippen molar-refractivity contribution < 1.29 is 4.48 Å². The molecule has 0 aliphatic carbocycles. The van der Waals surface area contributed by atoms with E-state index >= 15 is 0 Å². The molecule has 0 aromatic carbocycles. The minimum absolute atomic E-state index is 1.37. The first kappa shape index (κ1) is 19.4. The third-order valence-electron chi connectivity index (χ3n) is 4.92. The molecule has 20 heavy (non-hydrogen) atoms. The molecule has 1 aliphatic rings. The maximum absolute atomic E-state index is 6.25. The summed E-state index contributed by atoms with van der Waals surface area (Å²) < 4.78 is 1.44. The van der Waals surface area contributed by atoms with Crippen LogP contribution in [0.5, 0.6) is 0 Å². The van der Waals surface area contributed by atoms with E-state index in [2.05, 4.69) is 13.8 Å². The fraction of sp³-hybridized carbons (Fsp3) is 0.944. The molecule has 2 nitrogen and oxygen atoms in total. The van der Waals surface area contributed by atoms with E-state index in [4.69, 9.17) is 11.8 Å². The highest BCUT2D eigenvalue weighted by molar-refractivity contribution is 4.54. The predicted molar refractivity (Wildman–Crippen MR) is 86.8 cm³/mol. The minimum Gasteiger partial charge on any atom is -0.512 e. The summed E-state index contributed by atoms with van der Waals surface area (Å²) in [6.07, 6.45) is 16.1. The molecule has 1 fully saturated rings. The van der Waals surface area contributed by atoms with Gasteiger partial charge in [-0.2, -0.15) is 0 Å². The first-order valence-electron chi connectivity index (χ1n) is 8.90. The van der Waals surface area contributed by atoms with Crippen molar-refractivity contribution in [3.63, 3.8) is 0 Å². The highest BCUT2D eigenvalue weighted by atomic mass is 15.3. The molecular formula is C18H36N2. The number of quaternary nitrogens is 1. The Hall–Kier alpha value is -0.550. The van der Waals surface area contributed by atoms with Gasteiger partial charge in [-0.3, -0.25) is 0 Å². The molecule has 0 saturated carbocycles. The van der Waals surface area contributed by atoms with E-state index in [9.17, 15) is 0 Å². The smallest absolute Gasteiger partial charge is 0.0786 e. The van der Waals surface area contributed by atoms with E-state index in [0.29, 0.717) is 0 Å². The van der Waals surface area contributed by atoms with E-state index in [1.807, 2.05) is 0 Å². The number of likely N-dealkylation sites (tertiary alicyclic amines) is 1. The zero-order chi connectivity index (χ0) is 15.1. The molecule has 1 heterocycles. The Morgan fingerprint density at radius 1 is 0.750 bits per heavy atom. The van der Waals surface area contributed by atoms with E-state index in [1.54, 1.807) is 0 Å². The van der Waals surface area contributed by atoms with Crippen LogP contribution in [0.2, 0.25) is 0 Å². The number of rotatable bonds is 10. The number of hydrogen-bond acceptors (Lipinski definition) is 1. The van der Waals surface area contributed by atoms with Crippen LogP contribution in [0.15, 0.2) is 0 Å². The van der Waals surface area contributed by atoms with Gasteiger partial charge in [-0.1, -0.05) is 45.4 Å². The zero-order valence-electron chi connectivity index (χ0n) is 14.0. The quantitative estimate of drug-likeness (QED) is 0.305. The lowest BCUT2D eigenvalue weighted by Gasteiger charge is -2.41. The molecular weight excluding hydrogens is 244 g/mol. The predicted octanol–water partition coefficient (Wildman–Crippen LogP) is 5.24. The second-order valence-electron chi connectivity index (χ2n) is 6.36. The summed E-state index contributed by atoms with van der Waals surface area (Å²) in [5.41, 5.74) is 0. The standard InChI is InChI=1S/C17H36N.CN/c1-3-5-6-7-8-9-10-12-15-18(4-2)16-13-11-14-17-18;1-2/h3-17H2,1-2H3;/q+1;-1. The van der Waals surface area contributed by atoms with E-state index in [0.717, 1.165) is 0 Å². The van der Waals surface area contributed by atoms with Crippen molar-refractivity contribution in [1.29, 1.82) is 5.26 Å². The Labute approximate surface area is 127 Å². The maximum Gasteiger partial charge on any atom is 0.0786 e. The summed E-state index contributed by atoms with van der Waals surface area (Å²) in [6.45, 7) is 15.2. The third-order valence-corrected chi connectivity index (χ3v) is 4.92. The molecule has 0 aromatic heterocycles. The van der Waals surface area contributed by atoms with Gasteiger partial charge >= 0.3 is 0 Å². The fourth-order valence-corrected chi connectivity index (χ4v) is 3.46. The average molecular weight is 280 g/mol. The molecule has 0 amide bonds. The summed E-state index contributed by atoms with van der Waals surface area (Å²) in [6, 6.07) is 0. The lowest BCUT2D eigenvalue weighted by Crippen LogP contribution is -2.51. The SMILES string of the molecule is CCCCCCCCCC[N+]1(CC)CCCCC1.[C-]#N. The van der Waals surface area contributed by atoms with Gasteiger partial charge in [0.15, 0.2) is 0 Å². The number of hydrogen-bond donors (Lipinski definition) is 0. The molecule has 0 unspecified atom stereocenters. The summed E-state index contributed by atoms with van der Waals surface area (Å²) in [5.74, 6) is 0. The van der Waals surface area contributed by atoms with Gasteiger partial charge in [0.2, 0.25) is 0 Å². The molecule has 2 heteroatoms. The molecule has 0 radical (unpaired) electrons. The van der Waals surface area contributed by atoms with Crippen LogP contribution >= 0.6 is 0 Å². The van der Waals surface area contributed by atoms with Gasteiger partial charge in [0.1, 0.15) is 0 Å². The van der Waals surface area contributed by atoms with Crippen LogP contribution in [0.3, 0.4) is 0 Å². The summed E-state index contributed by atoms with van der Waals surface area (Å²) >= 11 is 0. The van der Waals surface area contributed by atoms with Crippen molar-refractivity contribution >= 4 is 0 Å². The van der Waals surface area contributed by atoms with Crippen molar-refractivity contribution in [2.24, 2.45) is 0 Å². The van der Waals surface area contributed by atoms with Crippen molar-refractivity contribution in [1.82, 2.24) is 0 Å². The molecule has 118 valence electrons. The van der Waals surface area contributed by atoms with Crippen LogP contribution in [-0.2, 0) is 0 Å². The molecule has 0 atom stereocenters. The number of nitrogens with zero attached hydrogens (tertiary/aromatic N) is 2. The normalized spacial score (nSPS) is 17.2. The molecule has 0 spiro atoms. The largest absolute Gasteiger partial charge is 0.512 e. The van der Waals surface area contributed by atoms with Crippen LogP contribution < -0.4 is 0 Å². The highest BCUT2D eigenvalue weighted by Gasteiger charge is 2.26. The molecule has 1 rings (SSSR count). The molecule has 0 aromatic rings. The van der Waals surface area contributed by atoms with E-state index in [1.165, 1.54) is 101 Å². The first-order valence-corrected chi connectivity index (χ1v) is 8.90. The van der Waals surface area contributed by atoms with Crippen molar-refractivity contribution in [3.05, 3.63) is 6.57 Å². The molecule has 0 bridgehead atoms. The van der Waals surface area contributed by atoms with Crippen LogP contribution in [0.4, 0.5) is 0 Å². The Morgan fingerprint density at radius 3 is 1.75 bits per heavy atom. The summed E-state index contributed by atoms with van der Waals surface area (Å²) in [5, 5.41) is 6.25. The first-order chi connectivity index (χ1) is 9.83. The Bertz CT molecular complexity index is 217. The topological polar surface area (TPSA) is 23.8 Å². The fourth-order valence-electron chi connectivity index (χ4n) is 3.46. The highest BCUT2D eigenvalue weighted by Crippen LogP contribution is 2.20. The van der Waals surface area contributed by atoms with Gasteiger partial charge in [0.05, 0.1) is 26.2 Å². The van der Waals surface area contributed by atoms with Gasteiger partial charge < -0.3 is 16.3 Å². The van der Waals surface area contributed by atoms with Gasteiger partial charge in [0.25, 0.3) is 0 Å². The Morgan fingerprint density at radius 2 is 1.25 bits per heavy atom. The lowest BCUT2D eigenvalue weighted by molar-refractivity contribution is -0.931. The zero-order valence-corrected chi connectivity index (χ0v) is 14.0. The average Bonchev–Trinajstić information content (AvgIpc) is 2.53. The Balaban J connectivity index is 0.00000172. The van der Waals surface area contributed by atoms with Crippen LogP contribution in [0, 0.1) is 11.8 Å². The van der Waals surface area contributed by atoms with Gasteiger partial charge in [-0.25, -0.2) is 0 Å². The van der Waals surface area contributed by atoms with Crippen molar-refractivity contribution in [2.75, 3.05) is 26.2 Å². The van der Waals surface area contributed by atoms with Crippen molar-refractivity contribution in [2.45, 2.75) is 84.5 Å². The lowest BCUT2D eigenvalue weighted by atomic mass is 10.0. The van der Waals surface area contributed by atoms with Gasteiger partial charge in [0, 0.05) is 0 Å². The Kier molecular flexibility index (Phi) is 13.1. The van der Waals surface area contributed by atoms with E-state index in [-0.39, 0.29) is 0 Å². The maximum atomic E-state index is 6.25.